The van der Waals surface area contributed by atoms with Crippen LogP contribution in [-0.2, 0) is 19.3 Å². The van der Waals surface area contributed by atoms with Crippen LogP contribution < -0.4 is 9.80 Å². The Morgan fingerprint density at radius 1 is 0.387 bits per heavy atom. The van der Waals surface area contributed by atoms with E-state index in [2.05, 4.69) is 127 Å². The third kappa shape index (κ3) is 7.79. The van der Waals surface area contributed by atoms with Gasteiger partial charge < -0.3 is 19.5 Å². The van der Waals surface area contributed by atoms with E-state index in [0.29, 0.717) is 22.6 Å². The number of carbonyl (C=O) groups is 2. The van der Waals surface area contributed by atoms with Crippen LogP contribution in [0.1, 0.15) is 22.3 Å². The molecule has 0 atom stereocenters. The lowest BCUT2D eigenvalue weighted by Gasteiger charge is -2.25. The Kier molecular flexibility index (Phi) is 10.5. The first-order valence-electron chi connectivity index (χ1n) is 19.7. The number of benzene rings is 6. The van der Waals surface area contributed by atoms with E-state index >= 15 is 0 Å². The third-order valence-electron chi connectivity index (χ3n) is 10.5. The van der Waals surface area contributed by atoms with Crippen LogP contribution in [0, 0.1) is 0 Å². The minimum Gasteiger partial charge on any atom is -0.312 e. The highest BCUT2D eigenvalue weighted by Gasteiger charge is 2.28. The summed E-state index contributed by atoms with van der Waals surface area (Å²) in [5.41, 5.74) is 13.6. The number of thiophene rings is 2. The molecule has 2 aliphatic heterocycles. The Morgan fingerprint density at radius 2 is 0.742 bits per heavy atom. The second-order valence-corrected chi connectivity index (χ2v) is 16.0. The topological polar surface area (TPSA) is 83.8 Å². The van der Waals surface area contributed by atoms with Crippen LogP contribution in [0.5, 0.6) is 0 Å². The van der Waals surface area contributed by atoms with Gasteiger partial charge in [-0.2, -0.15) is 22.7 Å². The van der Waals surface area contributed by atoms with Crippen molar-refractivity contribution in [1.29, 1.82) is 0 Å². The molecule has 0 aliphatic carbocycles. The molecule has 0 amide bonds. The highest BCUT2D eigenvalue weighted by molar-refractivity contribution is 7.08. The molecule has 0 saturated heterocycles. The maximum atomic E-state index is 12.6. The zero-order valence-corrected chi connectivity index (χ0v) is 34.5. The van der Waals surface area contributed by atoms with Crippen LogP contribution >= 0.6 is 22.7 Å². The molecule has 4 heterocycles. The quantitative estimate of drug-likeness (QED) is 0.0952. The first kappa shape index (κ1) is 38.3. The second kappa shape index (κ2) is 17.0. The SMILES string of the molecule is O=C1ON=C(c2ccccc2)C1=Cc1ccc(N(c2ccc(-c3ccc(N(c4ccc(C=C5C(=O)ON=C5c5ccccc5)cc4)c4ccsc4)cc3)cc2)c2ccsc2)cc1. The van der Waals surface area contributed by atoms with E-state index in [1.54, 1.807) is 22.7 Å². The van der Waals surface area contributed by atoms with Gasteiger partial charge in [-0.15, -0.1) is 0 Å². The summed E-state index contributed by atoms with van der Waals surface area (Å²) >= 11 is 3.29. The molecule has 2 aliphatic rings. The van der Waals surface area contributed by atoms with Crippen LogP contribution in [0.15, 0.2) is 213 Å². The zero-order valence-electron chi connectivity index (χ0n) is 32.9. The minimum absolute atomic E-state index is 0.424. The Morgan fingerprint density at radius 3 is 1.08 bits per heavy atom. The lowest BCUT2D eigenvalue weighted by molar-refractivity contribution is -0.137. The second-order valence-electron chi connectivity index (χ2n) is 14.4. The van der Waals surface area contributed by atoms with Crippen molar-refractivity contribution < 1.29 is 19.3 Å². The van der Waals surface area contributed by atoms with Crippen molar-refractivity contribution in [2.45, 2.75) is 0 Å². The van der Waals surface area contributed by atoms with Gasteiger partial charge in [-0.1, -0.05) is 120 Å². The standard InChI is InChI=1S/C52H34N4O4S2/c57-51-47(49(53-59-51)39-7-3-1-4-8-39)31-35-11-19-41(20-12-35)55(45-27-29-61-33-45)43-23-15-37(16-24-43)38-17-25-44(26-18-38)56(46-28-30-62-34-46)42-21-13-36(14-22-42)32-48-50(54-60-52(48)58)40-9-5-2-6-10-40/h1-34H. The van der Waals surface area contributed by atoms with Gasteiger partial charge in [0.25, 0.3) is 0 Å². The summed E-state index contributed by atoms with van der Waals surface area (Å²) in [7, 11) is 0. The number of hydrogen-bond acceptors (Lipinski definition) is 10. The fraction of sp³-hybridized carbons (Fsp3) is 0. The molecule has 10 rings (SSSR count). The first-order valence-corrected chi connectivity index (χ1v) is 21.6. The molecule has 62 heavy (non-hydrogen) atoms. The van der Waals surface area contributed by atoms with Gasteiger partial charge >= 0.3 is 11.9 Å². The fourth-order valence-corrected chi connectivity index (χ4v) is 8.71. The monoisotopic (exact) mass is 842 g/mol. The van der Waals surface area contributed by atoms with Gasteiger partial charge in [-0.3, -0.25) is 0 Å². The van der Waals surface area contributed by atoms with Gasteiger partial charge in [0.1, 0.15) is 11.4 Å². The largest absolute Gasteiger partial charge is 0.368 e. The smallest absolute Gasteiger partial charge is 0.312 e. The lowest BCUT2D eigenvalue weighted by Crippen LogP contribution is -2.09. The van der Waals surface area contributed by atoms with Crippen molar-refractivity contribution in [2.24, 2.45) is 10.3 Å². The van der Waals surface area contributed by atoms with Gasteiger partial charge in [-0.05, 0) is 106 Å². The number of anilines is 6. The molecule has 298 valence electrons. The Hall–Kier alpha value is -7.92. The van der Waals surface area contributed by atoms with E-state index in [1.165, 1.54) is 0 Å². The predicted molar refractivity (Wildman–Crippen MR) is 251 cm³/mol. The van der Waals surface area contributed by atoms with Crippen molar-refractivity contribution in [3.63, 3.8) is 0 Å². The molecular weight excluding hydrogens is 809 g/mol. The van der Waals surface area contributed by atoms with Crippen LogP contribution in [0.3, 0.4) is 0 Å². The van der Waals surface area contributed by atoms with E-state index in [-0.39, 0.29) is 0 Å². The van der Waals surface area contributed by atoms with E-state index in [1.807, 2.05) is 97.1 Å². The number of oxime groups is 2. The Labute approximate surface area is 365 Å². The average molecular weight is 843 g/mol. The lowest BCUT2D eigenvalue weighted by atomic mass is 10.0. The highest BCUT2D eigenvalue weighted by Crippen LogP contribution is 2.39. The molecule has 10 heteroatoms. The molecular formula is C52H34N4O4S2. The zero-order chi connectivity index (χ0) is 41.8. The molecule has 0 radical (unpaired) electrons. The van der Waals surface area contributed by atoms with Gasteiger partial charge in [0, 0.05) is 44.6 Å². The molecule has 2 aromatic heterocycles. The maximum Gasteiger partial charge on any atom is 0.368 e. The first-order chi connectivity index (χ1) is 30.6. The van der Waals surface area contributed by atoms with E-state index < -0.39 is 11.9 Å². The van der Waals surface area contributed by atoms with Crippen molar-refractivity contribution in [2.75, 3.05) is 9.80 Å². The summed E-state index contributed by atoms with van der Waals surface area (Å²) in [6.45, 7) is 0. The molecule has 0 saturated carbocycles. The highest BCUT2D eigenvalue weighted by atomic mass is 32.1. The van der Waals surface area contributed by atoms with Crippen LogP contribution in [0.4, 0.5) is 34.1 Å². The van der Waals surface area contributed by atoms with Gasteiger partial charge in [-0.25, -0.2) is 9.59 Å². The number of nitrogens with zero attached hydrogens (tertiary/aromatic N) is 4. The van der Waals surface area contributed by atoms with Gasteiger partial charge in [0.15, 0.2) is 0 Å². The van der Waals surface area contributed by atoms with E-state index in [4.69, 9.17) is 9.68 Å². The normalized spacial score (nSPS) is 14.7. The summed E-state index contributed by atoms with van der Waals surface area (Å²) in [5.74, 6) is -0.933. The molecule has 0 fully saturated rings. The summed E-state index contributed by atoms with van der Waals surface area (Å²) in [5, 5.41) is 16.5. The number of carbonyl (C=O) groups excluding carboxylic acids is 2. The van der Waals surface area contributed by atoms with Gasteiger partial charge in [0.2, 0.25) is 0 Å². The molecule has 8 nitrogen and oxygen atoms in total. The maximum absolute atomic E-state index is 12.6. The van der Waals surface area contributed by atoms with Crippen molar-refractivity contribution >= 4 is 92.3 Å². The Balaban J connectivity index is 0.883. The molecule has 0 N–H and O–H groups in total. The number of rotatable bonds is 11. The molecule has 0 unspecified atom stereocenters. The van der Waals surface area contributed by atoms with Crippen LogP contribution in [0.2, 0.25) is 0 Å². The molecule has 0 bridgehead atoms. The molecule has 0 spiro atoms. The van der Waals surface area contributed by atoms with Crippen LogP contribution in [0.25, 0.3) is 23.3 Å². The predicted octanol–water partition coefficient (Wildman–Crippen LogP) is 13.1. The fourth-order valence-electron chi connectivity index (χ4n) is 7.47. The third-order valence-corrected chi connectivity index (χ3v) is 11.9. The molecule has 6 aromatic carbocycles. The van der Waals surface area contributed by atoms with Crippen molar-refractivity contribution in [3.05, 3.63) is 225 Å². The summed E-state index contributed by atoms with van der Waals surface area (Å²) in [4.78, 5) is 39.8. The summed E-state index contributed by atoms with van der Waals surface area (Å²) < 4.78 is 0. The van der Waals surface area contributed by atoms with Crippen molar-refractivity contribution in [3.8, 4) is 11.1 Å². The minimum atomic E-state index is -0.466. The molecule has 8 aromatic rings. The summed E-state index contributed by atoms with van der Waals surface area (Å²) in [6, 6.07) is 56.8. The van der Waals surface area contributed by atoms with E-state index in [0.717, 1.165) is 67.5 Å². The van der Waals surface area contributed by atoms with Crippen LogP contribution in [-0.4, -0.2) is 23.4 Å². The van der Waals surface area contributed by atoms with Gasteiger partial charge in [0.05, 0.1) is 22.5 Å². The van der Waals surface area contributed by atoms with Crippen molar-refractivity contribution in [1.82, 2.24) is 0 Å². The van der Waals surface area contributed by atoms with E-state index in [9.17, 15) is 9.59 Å². The summed E-state index contributed by atoms with van der Waals surface area (Å²) in [6.07, 6.45) is 3.64. The Bertz CT molecular complexity index is 2790. The number of hydrogen-bond donors (Lipinski definition) is 0. The average Bonchev–Trinajstić information content (AvgIpc) is 4.17.